The summed E-state index contributed by atoms with van der Waals surface area (Å²) in [4.78, 5) is 4.04. The van der Waals surface area contributed by atoms with Crippen molar-refractivity contribution in [3.05, 3.63) is 66.6 Å². The van der Waals surface area contributed by atoms with Crippen LogP contribution in [0.5, 0.6) is 0 Å². The zero-order chi connectivity index (χ0) is 12.9. The molecule has 2 nitrogen and oxygen atoms in total. The number of aromatic nitrogens is 2. The normalized spacial score (nSPS) is 10.9. The van der Waals surface area contributed by atoms with Crippen LogP contribution in [0.15, 0.2) is 61.1 Å². The van der Waals surface area contributed by atoms with E-state index < -0.39 is 0 Å². The van der Waals surface area contributed by atoms with Crippen LogP contribution >= 0.6 is 0 Å². The third-order valence-corrected chi connectivity index (χ3v) is 3.54. The lowest BCUT2D eigenvalue weighted by Gasteiger charge is -2.05. The monoisotopic (exact) mass is 250 g/mol. The Hall–Kier alpha value is -2.09. The Morgan fingerprint density at radius 1 is 0.895 bits per heavy atom. The predicted molar refractivity (Wildman–Crippen MR) is 79.1 cm³/mol. The molecule has 2 heteroatoms. The van der Waals surface area contributed by atoms with E-state index in [1.165, 1.54) is 29.3 Å². The summed E-state index contributed by atoms with van der Waals surface area (Å²) in [6, 6.07) is 15.0. The molecule has 0 atom stereocenters. The lowest BCUT2D eigenvalue weighted by molar-refractivity contribution is 0.624. The number of hydrogen-bond donors (Lipinski definition) is 0. The first-order valence-electron chi connectivity index (χ1n) is 6.86. The standard InChI is InChI=1S/C17H18N2/c1-2-7-17-16(6-1)10-14-19(17)13-4-3-5-15-8-11-18-12-9-15/h1-2,6-12,14H,3-5,13H2. The van der Waals surface area contributed by atoms with Gasteiger partial charge in [-0.3, -0.25) is 4.98 Å². The quantitative estimate of drug-likeness (QED) is 0.624. The fourth-order valence-electron chi connectivity index (χ4n) is 2.50. The highest BCUT2D eigenvalue weighted by atomic mass is 14.9. The van der Waals surface area contributed by atoms with Crippen LogP contribution in [0.1, 0.15) is 18.4 Å². The van der Waals surface area contributed by atoms with Crippen LogP contribution in [0.25, 0.3) is 10.9 Å². The van der Waals surface area contributed by atoms with Crippen LogP contribution in [0.4, 0.5) is 0 Å². The lowest BCUT2D eigenvalue weighted by atomic mass is 10.1. The molecule has 0 amide bonds. The van der Waals surface area contributed by atoms with Crippen LogP contribution in [0, 0.1) is 0 Å². The van der Waals surface area contributed by atoms with Gasteiger partial charge in [-0.15, -0.1) is 0 Å². The molecule has 0 saturated heterocycles. The summed E-state index contributed by atoms with van der Waals surface area (Å²) < 4.78 is 2.35. The number of benzene rings is 1. The van der Waals surface area contributed by atoms with Crippen molar-refractivity contribution in [1.82, 2.24) is 9.55 Å². The van der Waals surface area contributed by atoms with E-state index in [9.17, 15) is 0 Å². The first kappa shape index (κ1) is 12.0. The minimum atomic E-state index is 1.10. The molecule has 0 N–H and O–H groups in total. The van der Waals surface area contributed by atoms with E-state index in [-0.39, 0.29) is 0 Å². The van der Waals surface area contributed by atoms with E-state index in [2.05, 4.69) is 58.2 Å². The predicted octanol–water partition coefficient (Wildman–Crippen LogP) is 4.06. The van der Waals surface area contributed by atoms with E-state index in [4.69, 9.17) is 0 Å². The fourth-order valence-corrected chi connectivity index (χ4v) is 2.50. The van der Waals surface area contributed by atoms with Crippen molar-refractivity contribution in [3.8, 4) is 0 Å². The van der Waals surface area contributed by atoms with E-state index in [0.29, 0.717) is 0 Å². The molecule has 0 unspecified atom stereocenters. The summed E-state index contributed by atoms with van der Waals surface area (Å²) in [6.07, 6.45) is 9.50. The topological polar surface area (TPSA) is 17.8 Å². The molecule has 3 aromatic rings. The van der Waals surface area contributed by atoms with Gasteiger partial charge < -0.3 is 4.57 Å². The number of para-hydroxylation sites is 1. The molecule has 3 rings (SSSR count). The second-order valence-electron chi connectivity index (χ2n) is 4.88. The first-order valence-corrected chi connectivity index (χ1v) is 6.86. The highest BCUT2D eigenvalue weighted by Gasteiger charge is 1.99. The average Bonchev–Trinajstić information content (AvgIpc) is 2.88. The smallest absolute Gasteiger partial charge is 0.0480 e. The summed E-state index contributed by atoms with van der Waals surface area (Å²) >= 11 is 0. The molecular formula is C17H18N2. The Bertz CT molecular complexity index is 640. The molecule has 0 aliphatic heterocycles. The SMILES string of the molecule is c1ccc2c(c1)ccn2CCCCc1ccncc1. The largest absolute Gasteiger partial charge is 0.347 e. The minimum absolute atomic E-state index is 1.10. The Kier molecular flexibility index (Phi) is 3.59. The molecule has 0 saturated carbocycles. The highest BCUT2D eigenvalue weighted by Crippen LogP contribution is 2.16. The van der Waals surface area contributed by atoms with Crippen molar-refractivity contribution < 1.29 is 0 Å². The molecule has 1 aromatic carbocycles. The van der Waals surface area contributed by atoms with E-state index in [0.717, 1.165) is 13.0 Å². The maximum absolute atomic E-state index is 4.04. The maximum atomic E-state index is 4.04. The number of hydrogen-bond acceptors (Lipinski definition) is 1. The van der Waals surface area contributed by atoms with Gasteiger partial charge in [-0.1, -0.05) is 18.2 Å². The average molecular weight is 250 g/mol. The van der Waals surface area contributed by atoms with Crippen LogP contribution < -0.4 is 0 Å². The van der Waals surface area contributed by atoms with Gasteiger partial charge in [0.05, 0.1) is 0 Å². The van der Waals surface area contributed by atoms with Crippen molar-refractivity contribution in [3.63, 3.8) is 0 Å². The maximum Gasteiger partial charge on any atom is 0.0480 e. The summed E-state index contributed by atoms with van der Waals surface area (Å²) in [5.41, 5.74) is 2.72. The van der Waals surface area contributed by atoms with Gasteiger partial charge in [-0.25, -0.2) is 0 Å². The Balaban J connectivity index is 1.55. The second kappa shape index (κ2) is 5.70. The van der Waals surface area contributed by atoms with Gasteiger partial charge in [-0.05, 0) is 54.5 Å². The number of nitrogens with zero attached hydrogens (tertiary/aromatic N) is 2. The third-order valence-electron chi connectivity index (χ3n) is 3.54. The second-order valence-corrected chi connectivity index (χ2v) is 4.88. The molecular weight excluding hydrogens is 232 g/mol. The van der Waals surface area contributed by atoms with Crippen LogP contribution in [-0.4, -0.2) is 9.55 Å². The number of unbranched alkanes of at least 4 members (excludes halogenated alkanes) is 1. The molecule has 0 radical (unpaired) electrons. The van der Waals surface area contributed by atoms with Crippen molar-refractivity contribution >= 4 is 10.9 Å². The highest BCUT2D eigenvalue weighted by molar-refractivity contribution is 5.79. The number of fused-ring (bicyclic) bond motifs is 1. The van der Waals surface area contributed by atoms with Gasteiger partial charge in [-0.2, -0.15) is 0 Å². The fraction of sp³-hybridized carbons (Fsp3) is 0.235. The van der Waals surface area contributed by atoms with Gasteiger partial charge in [0.25, 0.3) is 0 Å². The van der Waals surface area contributed by atoms with E-state index in [1.54, 1.807) is 0 Å². The minimum Gasteiger partial charge on any atom is -0.347 e. The van der Waals surface area contributed by atoms with Crippen molar-refractivity contribution in [2.24, 2.45) is 0 Å². The molecule has 2 aromatic heterocycles. The number of pyridine rings is 1. The van der Waals surface area contributed by atoms with E-state index >= 15 is 0 Å². The molecule has 0 fully saturated rings. The van der Waals surface area contributed by atoms with Gasteiger partial charge >= 0.3 is 0 Å². The molecule has 19 heavy (non-hydrogen) atoms. The summed E-state index contributed by atoms with van der Waals surface area (Å²) in [6.45, 7) is 1.10. The zero-order valence-corrected chi connectivity index (χ0v) is 11.0. The molecule has 2 heterocycles. The molecule has 0 bridgehead atoms. The molecule has 0 aliphatic carbocycles. The summed E-state index contributed by atoms with van der Waals surface area (Å²) in [5.74, 6) is 0. The van der Waals surface area contributed by atoms with Crippen molar-refractivity contribution in [2.45, 2.75) is 25.8 Å². The molecule has 96 valence electrons. The Morgan fingerprint density at radius 2 is 1.74 bits per heavy atom. The molecule has 0 spiro atoms. The van der Waals surface area contributed by atoms with Gasteiger partial charge in [0, 0.05) is 30.7 Å². The number of aryl methyl sites for hydroxylation is 2. The summed E-state index contributed by atoms with van der Waals surface area (Å²) in [7, 11) is 0. The number of rotatable bonds is 5. The van der Waals surface area contributed by atoms with Crippen molar-refractivity contribution in [1.29, 1.82) is 0 Å². The summed E-state index contributed by atoms with van der Waals surface area (Å²) in [5, 5.41) is 1.33. The Labute approximate surface area is 113 Å². The van der Waals surface area contributed by atoms with Crippen LogP contribution in [0.3, 0.4) is 0 Å². The Morgan fingerprint density at radius 3 is 2.63 bits per heavy atom. The van der Waals surface area contributed by atoms with E-state index in [1.807, 2.05) is 12.4 Å². The lowest BCUT2D eigenvalue weighted by Crippen LogP contribution is -1.97. The van der Waals surface area contributed by atoms with Crippen LogP contribution in [-0.2, 0) is 13.0 Å². The van der Waals surface area contributed by atoms with Crippen molar-refractivity contribution in [2.75, 3.05) is 0 Å². The molecule has 0 aliphatic rings. The van der Waals surface area contributed by atoms with Gasteiger partial charge in [0.1, 0.15) is 0 Å². The third kappa shape index (κ3) is 2.84. The zero-order valence-electron chi connectivity index (χ0n) is 11.0. The van der Waals surface area contributed by atoms with Gasteiger partial charge in [0.15, 0.2) is 0 Å². The van der Waals surface area contributed by atoms with Gasteiger partial charge in [0.2, 0.25) is 0 Å². The van der Waals surface area contributed by atoms with Crippen LogP contribution in [0.2, 0.25) is 0 Å². The first-order chi connectivity index (χ1) is 9.43.